The number of hydrogen-bond acceptors (Lipinski definition) is 2. The number of rotatable bonds is 4. The molecule has 0 atom stereocenters. The summed E-state index contributed by atoms with van der Waals surface area (Å²) < 4.78 is 2.61. The average Bonchev–Trinajstić information content (AvgIpc) is 2.76. The van der Waals surface area contributed by atoms with Gasteiger partial charge in [-0.3, -0.25) is 0 Å². The molecule has 0 bridgehead atoms. The first-order valence-corrected chi connectivity index (χ1v) is 8.85. The highest BCUT2D eigenvalue weighted by Gasteiger charge is 2.30. The first-order chi connectivity index (χ1) is 10.1. The molecular weight excluding hydrogens is 258 g/mol. The molecule has 3 nitrogen and oxygen atoms in total. The third-order valence-electron chi connectivity index (χ3n) is 5.26. The van der Waals surface area contributed by atoms with Crippen molar-refractivity contribution in [1.82, 2.24) is 14.9 Å². The highest BCUT2D eigenvalue weighted by molar-refractivity contribution is 5.21. The van der Waals surface area contributed by atoms with Crippen LogP contribution >= 0.6 is 0 Å². The Labute approximate surface area is 129 Å². The molecule has 1 saturated carbocycles. The van der Waals surface area contributed by atoms with Crippen LogP contribution in [0.2, 0.25) is 0 Å². The van der Waals surface area contributed by atoms with E-state index in [1.807, 2.05) is 0 Å². The van der Waals surface area contributed by atoms with Gasteiger partial charge in [0.15, 0.2) is 0 Å². The minimum Gasteiger partial charge on any atom is -0.331 e. The Bertz CT molecular complexity index is 481. The van der Waals surface area contributed by atoms with Crippen LogP contribution in [0.25, 0.3) is 0 Å². The molecule has 3 heteroatoms. The summed E-state index contributed by atoms with van der Waals surface area (Å²) in [5.74, 6) is 2.02. The van der Waals surface area contributed by atoms with E-state index >= 15 is 0 Å². The van der Waals surface area contributed by atoms with Gasteiger partial charge in [-0.15, -0.1) is 0 Å². The van der Waals surface area contributed by atoms with E-state index in [-0.39, 0.29) is 0 Å². The van der Waals surface area contributed by atoms with E-state index in [9.17, 15) is 0 Å². The minimum atomic E-state index is 0.489. The van der Waals surface area contributed by atoms with Crippen LogP contribution in [-0.4, -0.2) is 16.1 Å². The number of fused-ring (bicyclic) bond motifs is 1. The summed E-state index contributed by atoms with van der Waals surface area (Å²) in [6.45, 7) is 10.4. The lowest BCUT2D eigenvalue weighted by atomic mass is 9.75. The number of imidazole rings is 1. The molecule has 0 saturated heterocycles. The molecule has 0 unspecified atom stereocenters. The molecule has 21 heavy (non-hydrogen) atoms. The molecule has 0 amide bonds. The SMILES string of the molecule is CC(C)Cc1nc2c(n1CC1(C)CCCCC1)CCNC2. The van der Waals surface area contributed by atoms with Crippen molar-refractivity contribution in [3.8, 4) is 0 Å². The van der Waals surface area contributed by atoms with Gasteiger partial charge in [0, 0.05) is 38.2 Å². The molecule has 0 radical (unpaired) electrons. The number of nitrogens with one attached hydrogen (secondary N) is 1. The van der Waals surface area contributed by atoms with Gasteiger partial charge in [-0.25, -0.2) is 4.98 Å². The second-order valence-corrected chi connectivity index (χ2v) is 7.90. The second kappa shape index (κ2) is 6.12. The van der Waals surface area contributed by atoms with Crippen LogP contribution in [0.4, 0.5) is 0 Å². The molecule has 1 aliphatic carbocycles. The fourth-order valence-corrected chi connectivity index (χ4v) is 4.08. The summed E-state index contributed by atoms with van der Waals surface area (Å²) >= 11 is 0. The van der Waals surface area contributed by atoms with Crippen molar-refractivity contribution in [1.29, 1.82) is 0 Å². The topological polar surface area (TPSA) is 29.9 Å². The van der Waals surface area contributed by atoms with E-state index in [4.69, 9.17) is 4.98 Å². The molecule has 1 aliphatic heterocycles. The molecule has 0 spiro atoms. The third kappa shape index (κ3) is 3.33. The van der Waals surface area contributed by atoms with Gasteiger partial charge in [0.2, 0.25) is 0 Å². The standard InChI is InChI=1S/C18H31N3/c1-14(2)11-17-20-15-12-19-10-7-16(15)21(17)13-18(3)8-5-4-6-9-18/h14,19H,4-13H2,1-3H3. The van der Waals surface area contributed by atoms with Gasteiger partial charge in [-0.05, 0) is 24.2 Å². The Morgan fingerprint density at radius 1 is 1.24 bits per heavy atom. The quantitative estimate of drug-likeness (QED) is 0.916. The first-order valence-electron chi connectivity index (χ1n) is 8.85. The normalized spacial score (nSPS) is 21.5. The van der Waals surface area contributed by atoms with Gasteiger partial charge in [0.1, 0.15) is 5.82 Å². The lowest BCUT2D eigenvalue weighted by Gasteiger charge is -2.35. The Morgan fingerprint density at radius 3 is 2.71 bits per heavy atom. The maximum absolute atomic E-state index is 4.99. The zero-order chi connectivity index (χ0) is 14.9. The highest BCUT2D eigenvalue weighted by Crippen LogP contribution is 2.38. The maximum atomic E-state index is 4.99. The Hall–Kier alpha value is -0.830. The third-order valence-corrected chi connectivity index (χ3v) is 5.26. The Morgan fingerprint density at radius 2 is 2.00 bits per heavy atom. The lowest BCUT2D eigenvalue weighted by Crippen LogP contribution is -2.30. The molecule has 1 fully saturated rings. The highest BCUT2D eigenvalue weighted by atomic mass is 15.1. The van der Waals surface area contributed by atoms with Gasteiger partial charge in [0.25, 0.3) is 0 Å². The van der Waals surface area contributed by atoms with E-state index in [1.165, 1.54) is 55.9 Å². The van der Waals surface area contributed by atoms with Crippen molar-refractivity contribution in [3.05, 3.63) is 17.2 Å². The summed E-state index contributed by atoms with van der Waals surface area (Å²) in [7, 11) is 0. The largest absolute Gasteiger partial charge is 0.331 e. The van der Waals surface area contributed by atoms with Gasteiger partial charge in [-0.2, -0.15) is 0 Å². The van der Waals surface area contributed by atoms with E-state index in [1.54, 1.807) is 0 Å². The molecule has 3 rings (SSSR count). The maximum Gasteiger partial charge on any atom is 0.109 e. The van der Waals surface area contributed by atoms with Crippen molar-refractivity contribution >= 4 is 0 Å². The zero-order valence-corrected chi connectivity index (χ0v) is 14.0. The van der Waals surface area contributed by atoms with E-state index < -0.39 is 0 Å². The molecule has 1 aromatic rings. The van der Waals surface area contributed by atoms with E-state index in [2.05, 4.69) is 30.7 Å². The second-order valence-electron chi connectivity index (χ2n) is 7.90. The van der Waals surface area contributed by atoms with Crippen molar-refractivity contribution in [2.75, 3.05) is 6.54 Å². The van der Waals surface area contributed by atoms with Crippen molar-refractivity contribution in [2.45, 2.75) is 78.8 Å². The van der Waals surface area contributed by atoms with Crippen molar-refractivity contribution < 1.29 is 0 Å². The van der Waals surface area contributed by atoms with Crippen LogP contribution in [0.1, 0.15) is 70.1 Å². The molecule has 2 aliphatic rings. The monoisotopic (exact) mass is 289 g/mol. The summed E-state index contributed by atoms with van der Waals surface area (Å²) in [6, 6.07) is 0. The molecule has 118 valence electrons. The summed E-state index contributed by atoms with van der Waals surface area (Å²) in [5.41, 5.74) is 3.33. The smallest absolute Gasteiger partial charge is 0.109 e. The lowest BCUT2D eigenvalue weighted by molar-refractivity contribution is 0.178. The Kier molecular flexibility index (Phi) is 4.39. The van der Waals surface area contributed by atoms with Crippen molar-refractivity contribution in [3.63, 3.8) is 0 Å². The summed E-state index contributed by atoms with van der Waals surface area (Å²) in [5, 5.41) is 3.47. The summed E-state index contributed by atoms with van der Waals surface area (Å²) in [4.78, 5) is 4.99. The molecular formula is C18H31N3. The number of hydrogen-bond donors (Lipinski definition) is 1. The van der Waals surface area contributed by atoms with Crippen LogP contribution in [0.5, 0.6) is 0 Å². The van der Waals surface area contributed by atoms with Crippen LogP contribution in [0.15, 0.2) is 0 Å². The van der Waals surface area contributed by atoms with Crippen molar-refractivity contribution in [2.24, 2.45) is 11.3 Å². The molecule has 0 aromatic carbocycles. The number of nitrogens with zero attached hydrogens (tertiary/aromatic N) is 2. The fraction of sp³-hybridized carbons (Fsp3) is 0.833. The fourth-order valence-electron chi connectivity index (χ4n) is 4.08. The number of aromatic nitrogens is 2. The van der Waals surface area contributed by atoms with Crippen LogP contribution in [0.3, 0.4) is 0 Å². The van der Waals surface area contributed by atoms with Gasteiger partial charge < -0.3 is 9.88 Å². The molecule has 1 N–H and O–H groups in total. The predicted molar refractivity (Wildman–Crippen MR) is 87.4 cm³/mol. The molecule has 2 heterocycles. The van der Waals surface area contributed by atoms with E-state index in [0.29, 0.717) is 11.3 Å². The van der Waals surface area contributed by atoms with Crippen LogP contribution < -0.4 is 5.32 Å². The minimum absolute atomic E-state index is 0.489. The predicted octanol–water partition coefficient (Wildman–Crippen LogP) is 3.70. The molecule has 1 aromatic heterocycles. The Balaban J connectivity index is 1.89. The average molecular weight is 289 g/mol. The van der Waals surface area contributed by atoms with Crippen LogP contribution in [0, 0.1) is 11.3 Å². The van der Waals surface area contributed by atoms with Crippen LogP contribution in [-0.2, 0) is 25.9 Å². The zero-order valence-electron chi connectivity index (χ0n) is 14.0. The van der Waals surface area contributed by atoms with Gasteiger partial charge >= 0.3 is 0 Å². The van der Waals surface area contributed by atoms with Gasteiger partial charge in [0.05, 0.1) is 5.69 Å². The van der Waals surface area contributed by atoms with E-state index in [0.717, 1.165) is 25.9 Å². The summed E-state index contributed by atoms with van der Waals surface area (Å²) in [6.07, 6.45) is 9.29. The van der Waals surface area contributed by atoms with Gasteiger partial charge in [-0.1, -0.05) is 40.0 Å². The first kappa shape index (κ1) is 15.1.